The van der Waals surface area contributed by atoms with E-state index in [0.717, 1.165) is 0 Å². The number of anilines is 1. The van der Waals surface area contributed by atoms with E-state index in [9.17, 15) is 4.79 Å². The van der Waals surface area contributed by atoms with Crippen molar-refractivity contribution in [3.63, 3.8) is 0 Å². The third-order valence-electron chi connectivity index (χ3n) is 1.97. The van der Waals surface area contributed by atoms with Crippen molar-refractivity contribution >= 4 is 11.7 Å². The molecule has 0 amide bonds. The normalized spacial score (nSPS) is 9.33. The number of nitrogen functional groups attached to an aromatic ring is 1. The lowest BCUT2D eigenvalue weighted by Gasteiger charge is -2.09. The highest BCUT2D eigenvalue weighted by molar-refractivity contribution is 5.76. The molecule has 1 aromatic carbocycles. The van der Waals surface area contributed by atoms with Crippen LogP contribution >= 0.6 is 0 Å². The number of benzene rings is 1. The first-order chi connectivity index (χ1) is 7.10. The maximum Gasteiger partial charge on any atom is 0.307 e. The quantitative estimate of drug-likeness (QED) is 0.712. The Kier molecular flexibility index (Phi) is 3.13. The van der Waals surface area contributed by atoms with Crippen LogP contribution in [0.5, 0.6) is 5.75 Å². The Hall–Kier alpha value is -2.22. The lowest BCUT2D eigenvalue weighted by atomic mass is 10.0. The van der Waals surface area contributed by atoms with Gasteiger partial charge in [0, 0.05) is 11.3 Å². The van der Waals surface area contributed by atoms with Crippen molar-refractivity contribution in [2.75, 3.05) is 12.8 Å². The van der Waals surface area contributed by atoms with E-state index in [1.54, 1.807) is 6.07 Å². The summed E-state index contributed by atoms with van der Waals surface area (Å²) in [4.78, 5) is 10.6. The van der Waals surface area contributed by atoms with E-state index in [1.165, 1.54) is 13.2 Å². The van der Waals surface area contributed by atoms with Crippen LogP contribution in [-0.4, -0.2) is 18.2 Å². The van der Waals surface area contributed by atoms with Gasteiger partial charge >= 0.3 is 5.97 Å². The minimum absolute atomic E-state index is 0.180. The molecule has 0 saturated carbocycles. The van der Waals surface area contributed by atoms with E-state index in [1.807, 2.05) is 6.07 Å². The number of methoxy groups -OCH3 is 1. The number of aliphatic carboxylic acids is 1. The molecule has 0 atom stereocenters. The number of hydrogen-bond acceptors (Lipinski definition) is 4. The Labute approximate surface area is 86.7 Å². The summed E-state index contributed by atoms with van der Waals surface area (Å²) in [5, 5.41) is 17.6. The molecule has 15 heavy (non-hydrogen) atoms. The van der Waals surface area contributed by atoms with Gasteiger partial charge in [-0.3, -0.25) is 4.79 Å². The fraction of sp³-hybridized carbons (Fsp3) is 0.200. The van der Waals surface area contributed by atoms with Crippen molar-refractivity contribution in [3.05, 3.63) is 23.3 Å². The predicted molar refractivity (Wildman–Crippen MR) is 53.5 cm³/mol. The molecule has 0 aromatic heterocycles. The number of carboxylic acids is 1. The zero-order valence-corrected chi connectivity index (χ0v) is 8.15. The van der Waals surface area contributed by atoms with Gasteiger partial charge in [0.15, 0.2) is 0 Å². The molecule has 5 nitrogen and oxygen atoms in total. The second-order valence-corrected chi connectivity index (χ2v) is 2.89. The highest BCUT2D eigenvalue weighted by Gasteiger charge is 2.14. The van der Waals surface area contributed by atoms with Crippen LogP contribution in [0.3, 0.4) is 0 Å². The van der Waals surface area contributed by atoms with Crippen molar-refractivity contribution in [1.82, 2.24) is 0 Å². The van der Waals surface area contributed by atoms with Crippen molar-refractivity contribution in [2.24, 2.45) is 0 Å². The fourth-order valence-corrected chi connectivity index (χ4v) is 1.28. The van der Waals surface area contributed by atoms with Gasteiger partial charge in [-0.25, -0.2) is 0 Å². The van der Waals surface area contributed by atoms with Crippen LogP contribution in [0.4, 0.5) is 5.69 Å². The molecule has 0 heterocycles. The van der Waals surface area contributed by atoms with Crippen LogP contribution < -0.4 is 10.5 Å². The second-order valence-electron chi connectivity index (χ2n) is 2.89. The average molecular weight is 206 g/mol. The van der Waals surface area contributed by atoms with E-state index < -0.39 is 5.97 Å². The zero-order valence-electron chi connectivity index (χ0n) is 8.15. The maximum absolute atomic E-state index is 10.6. The summed E-state index contributed by atoms with van der Waals surface area (Å²) < 4.78 is 4.94. The summed E-state index contributed by atoms with van der Waals surface area (Å²) in [5.41, 5.74) is 6.36. The third-order valence-corrected chi connectivity index (χ3v) is 1.97. The molecule has 5 heteroatoms. The standard InChI is InChI=1S/C10H10N2O3/c1-15-9-3-2-8(12)6(4-10(13)14)7(9)5-11/h2-3H,4,12H2,1H3,(H,13,14). The predicted octanol–water partition coefficient (Wildman–Crippen LogP) is 0.776. The number of carbonyl (C=O) groups is 1. The monoisotopic (exact) mass is 206 g/mol. The lowest BCUT2D eigenvalue weighted by molar-refractivity contribution is -0.136. The number of nitrogens with two attached hydrogens (primary N) is 1. The molecule has 0 radical (unpaired) electrons. The maximum atomic E-state index is 10.6. The SMILES string of the molecule is COc1ccc(N)c(CC(=O)O)c1C#N. The molecule has 0 unspecified atom stereocenters. The number of nitrogens with zero attached hydrogens (tertiary/aromatic N) is 1. The smallest absolute Gasteiger partial charge is 0.307 e. The number of carboxylic acid groups (broad SMARTS) is 1. The number of ether oxygens (including phenoxy) is 1. The van der Waals surface area contributed by atoms with Gasteiger partial charge < -0.3 is 15.6 Å². The molecular formula is C10H10N2O3. The Morgan fingerprint density at radius 1 is 1.67 bits per heavy atom. The zero-order chi connectivity index (χ0) is 11.4. The van der Waals surface area contributed by atoms with E-state index in [-0.39, 0.29) is 17.7 Å². The minimum atomic E-state index is -1.04. The summed E-state index contributed by atoms with van der Waals surface area (Å²) in [6, 6.07) is 4.96. The van der Waals surface area contributed by atoms with Gasteiger partial charge in [0.1, 0.15) is 11.8 Å². The Morgan fingerprint density at radius 3 is 2.80 bits per heavy atom. The molecule has 0 bridgehead atoms. The lowest BCUT2D eigenvalue weighted by Crippen LogP contribution is -2.07. The molecule has 78 valence electrons. The van der Waals surface area contributed by atoms with Crippen molar-refractivity contribution in [3.8, 4) is 11.8 Å². The number of rotatable bonds is 3. The highest BCUT2D eigenvalue weighted by Crippen LogP contribution is 2.26. The highest BCUT2D eigenvalue weighted by atomic mass is 16.5. The van der Waals surface area contributed by atoms with Crippen LogP contribution in [0.15, 0.2) is 12.1 Å². The van der Waals surface area contributed by atoms with Gasteiger partial charge in [0.05, 0.1) is 19.1 Å². The molecule has 1 rings (SSSR count). The first-order valence-corrected chi connectivity index (χ1v) is 4.17. The Balaban J connectivity index is 3.33. The van der Waals surface area contributed by atoms with Crippen LogP contribution in [0.2, 0.25) is 0 Å². The summed E-state index contributed by atoms with van der Waals surface area (Å²) in [6.07, 6.45) is -0.286. The van der Waals surface area contributed by atoms with E-state index in [2.05, 4.69) is 0 Å². The van der Waals surface area contributed by atoms with Crippen molar-refractivity contribution in [2.45, 2.75) is 6.42 Å². The van der Waals surface area contributed by atoms with Crippen molar-refractivity contribution in [1.29, 1.82) is 5.26 Å². The molecule has 0 aliphatic rings. The van der Waals surface area contributed by atoms with Gasteiger partial charge in [-0.1, -0.05) is 0 Å². The summed E-state index contributed by atoms with van der Waals surface area (Å²) >= 11 is 0. The Bertz CT molecular complexity index is 435. The van der Waals surface area contributed by atoms with Crippen LogP contribution in [0.1, 0.15) is 11.1 Å². The average Bonchev–Trinajstić information content (AvgIpc) is 2.20. The topological polar surface area (TPSA) is 96.3 Å². The third kappa shape index (κ3) is 2.17. The molecule has 0 aliphatic heterocycles. The summed E-state index contributed by atoms with van der Waals surface area (Å²) in [5.74, 6) is -0.700. The van der Waals surface area contributed by atoms with E-state index >= 15 is 0 Å². The van der Waals surface area contributed by atoms with Gasteiger partial charge in [0.2, 0.25) is 0 Å². The first-order valence-electron chi connectivity index (χ1n) is 4.17. The van der Waals surface area contributed by atoms with Gasteiger partial charge in [-0.15, -0.1) is 0 Å². The van der Waals surface area contributed by atoms with Crippen LogP contribution in [0, 0.1) is 11.3 Å². The van der Waals surface area contributed by atoms with Gasteiger partial charge in [-0.2, -0.15) is 5.26 Å². The molecule has 0 aliphatic carbocycles. The molecular weight excluding hydrogens is 196 g/mol. The van der Waals surface area contributed by atoms with Crippen molar-refractivity contribution < 1.29 is 14.6 Å². The molecule has 0 saturated heterocycles. The molecule has 0 fully saturated rings. The van der Waals surface area contributed by atoms with Gasteiger partial charge in [0.25, 0.3) is 0 Å². The fourth-order valence-electron chi connectivity index (χ4n) is 1.28. The van der Waals surface area contributed by atoms with Crippen LogP contribution in [0.25, 0.3) is 0 Å². The molecule has 1 aromatic rings. The minimum Gasteiger partial charge on any atom is -0.495 e. The number of hydrogen-bond donors (Lipinski definition) is 2. The second kappa shape index (κ2) is 4.33. The summed E-state index contributed by atoms with van der Waals surface area (Å²) in [6.45, 7) is 0. The van der Waals surface area contributed by atoms with Crippen LogP contribution in [-0.2, 0) is 11.2 Å². The molecule has 3 N–H and O–H groups in total. The van der Waals surface area contributed by atoms with E-state index in [0.29, 0.717) is 11.3 Å². The summed E-state index contributed by atoms with van der Waals surface area (Å²) in [7, 11) is 1.41. The first kappa shape index (κ1) is 10.9. The van der Waals surface area contributed by atoms with E-state index in [4.69, 9.17) is 20.8 Å². The number of nitriles is 1. The molecule has 0 spiro atoms. The Morgan fingerprint density at radius 2 is 2.33 bits per heavy atom. The largest absolute Gasteiger partial charge is 0.495 e. The van der Waals surface area contributed by atoms with Gasteiger partial charge in [-0.05, 0) is 12.1 Å².